The number of benzene rings is 1. The molecular weight excluding hydrogens is 582 g/mol. The number of allylic oxidation sites excluding steroid dienone is 4. The number of nitrogens with one attached hydrogen (secondary N) is 1. The lowest BCUT2D eigenvalue weighted by molar-refractivity contribution is -0.181. The molecule has 11 nitrogen and oxygen atoms in total. The summed E-state index contributed by atoms with van der Waals surface area (Å²) in [4.78, 5) is 62.1. The summed E-state index contributed by atoms with van der Waals surface area (Å²) in [6, 6.07) is 6.34. The molecule has 1 amide bonds. The van der Waals surface area contributed by atoms with Crippen LogP contribution in [0.4, 0.5) is 0 Å². The number of ketones is 2. The van der Waals surface area contributed by atoms with Crippen molar-refractivity contribution in [2.75, 3.05) is 6.61 Å². The first-order chi connectivity index (χ1) is 21.2. The van der Waals surface area contributed by atoms with E-state index in [9.17, 15) is 44.4 Å². The number of aliphatic hydroxyl groups is 3. The van der Waals surface area contributed by atoms with Gasteiger partial charge in [-0.05, 0) is 61.7 Å². The highest BCUT2D eigenvalue weighted by molar-refractivity contribution is 6.01. The van der Waals surface area contributed by atoms with Gasteiger partial charge in [0.25, 0.3) is 0 Å². The summed E-state index contributed by atoms with van der Waals surface area (Å²) in [5.41, 5.74) is -1.94. The molecule has 1 aromatic carbocycles. The molecule has 9 atom stereocenters. The van der Waals surface area contributed by atoms with E-state index in [1.807, 2.05) is 19.9 Å². The number of ether oxygens (including phenoxy) is 1. The lowest BCUT2D eigenvalue weighted by Crippen LogP contribution is -2.61. The van der Waals surface area contributed by atoms with Crippen LogP contribution in [0.5, 0.6) is 0 Å². The first kappa shape index (κ1) is 32.7. The number of hydrogen-bond donors (Lipinski definition) is 5. The number of carboxylic acids is 1. The van der Waals surface area contributed by atoms with Gasteiger partial charge in [0, 0.05) is 23.2 Å². The Morgan fingerprint density at radius 2 is 1.80 bits per heavy atom. The van der Waals surface area contributed by atoms with Crippen molar-refractivity contribution >= 4 is 29.4 Å². The molecule has 11 heteroatoms. The number of carbonyl (C=O) groups is 5. The zero-order valence-corrected chi connectivity index (χ0v) is 25.5. The molecule has 0 aliphatic heterocycles. The van der Waals surface area contributed by atoms with Crippen LogP contribution in [-0.4, -0.2) is 74.2 Å². The van der Waals surface area contributed by atoms with E-state index in [4.69, 9.17) is 4.74 Å². The van der Waals surface area contributed by atoms with Crippen LogP contribution in [0.25, 0.3) is 0 Å². The molecule has 0 saturated heterocycles. The van der Waals surface area contributed by atoms with Gasteiger partial charge in [-0.15, -0.1) is 0 Å². The number of hydrogen-bond acceptors (Lipinski definition) is 9. The number of esters is 1. The molecule has 0 spiro atoms. The maximum atomic E-state index is 13.5. The van der Waals surface area contributed by atoms with Crippen molar-refractivity contribution in [2.45, 2.75) is 82.6 Å². The number of Topliss-reactive ketones (excluding diaryl/α,β-unsaturated/α-hetero) is 1. The van der Waals surface area contributed by atoms with E-state index in [1.165, 1.54) is 12.1 Å². The number of amides is 1. The number of carbonyl (C=O) groups excluding carboxylic acids is 4. The molecule has 5 rings (SSSR count). The Balaban J connectivity index is 1.17. The average Bonchev–Trinajstić information content (AvgIpc) is 3.28. The second kappa shape index (κ2) is 12.3. The minimum atomic E-state index is -1.82. The third-order valence-corrected chi connectivity index (χ3v) is 11.1. The molecule has 0 unspecified atom stereocenters. The van der Waals surface area contributed by atoms with E-state index in [-0.39, 0.29) is 36.4 Å². The van der Waals surface area contributed by atoms with Gasteiger partial charge in [-0.3, -0.25) is 19.2 Å². The van der Waals surface area contributed by atoms with Gasteiger partial charge in [0.05, 0.1) is 12.5 Å². The van der Waals surface area contributed by atoms with Crippen LogP contribution in [0.1, 0.15) is 70.5 Å². The van der Waals surface area contributed by atoms with Crippen LogP contribution in [0, 0.1) is 28.6 Å². The lowest BCUT2D eigenvalue weighted by Gasteiger charge is -2.59. The second-order valence-corrected chi connectivity index (χ2v) is 13.4. The SMILES string of the molecule is C[C@]12C=CC(=O)C=C1CC[C@@H]1[C@H]2[C@@H](O)C[C@@]2(C)[C@H]1CC[C@]2(O)C(=O)COC(=O)CCC(=O)N[C@@H](C(=O)O)[C@H](O)c1ccccc1. The molecular formula is C34H41NO10. The van der Waals surface area contributed by atoms with Crippen molar-refractivity contribution in [3.63, 3.8) is 0 Å². The molecule has 5 N–H and O–H groups in total. The predicted octanol–water partition coefficient (Wildman–Crippen LogP) is 2.19. The van der Waals surface area contributed by atoms with Crippen LogP contribution in [0.3, 0.4) is 0 Å². The highest BCUT2D eigenvalue weighted by atomic mass is 16.5. The minimum Gasteiger partial charge on any atom is -0.480 e. The quantitative estimate of drug-likeness (QED) is 0.242. The summed E-state index contributed by atoms with van der Waals surface area (Å²) in [6.45, 7) is 3.16. The molecule has 3 saturated carbocycles. The zero-order valence-electron chi connectivity index (χ0n) is 25.5. The summed E-state index contributed by atoms with van der Waals surface area (Å²) < 4.78 is 5.15. The van der Waals surface area contributed by atoms with E-state index < -0.39 is 77.8 Å². The van der Waals surface area contributed by atoms with Crippen LogP contribution >= 0.6 is 0 Å². The summed E-state index contributed by atoms with van der Waals surface area (Å²) in [6.07, 6.45) is 4.24. The average molecular weight is 624 g/mol. The Hall–Kier alpha value is -3.67. The topological polar surface area (TPSA) is 188 Å². The Morgan fingerprint density at radius 1 is 1.09 bits per heavy atom. The Morgan fingerprint density at radius 3 is 2.49 bits per heavy atom. The third-order valence-electron chi connectivity index (χ3n) is 11.1. The van der Waals surface area contributed by atoms with Gasteiger partial charge in [0.1, 0.15) is 11.7 Å². The Labute approximate surface area is 261 Å². The standard InChI is InChI=1S/C34H41NO10/c1-32-14-12-21(36)16-20(32)8-9-22-23-13-15-34(44,33(23,2)17-24(37)28(22)32)25(38)18-45-27(40)11-10-26(39)35-29(31(42)43)30(41)19-6-4-3-5-7-19/h3-7,12,14,16,22-24,28-30,37,41,44H,8-11,13,15,17-18H2,1-2H3,(H,35,39)(H,42,43)/t22-,23-,24-,28-,29+,30+,32-,33-,34-/m0/s1. The lowest BCUT2D eigenvalue weighted by atomic mass is 9.46. The molecule has 0 heterocycles. The van der Waals surface area contributed by atoms with Gasteiger partial charge < -0.3 is 30.5 Å². The highest BCUT2D eigenvalue weighted by Crippen LogP contribution is 2.67. The van der Waals surface area contributed by atoms with Gasteiger partial charge in [-0.25, -0.2) is 4.79 Å². The van der Waals surface area contributed by atoms with Gasteiger partial charge >= 0.3 is 11.9 Å². The van der Waals surface area contributed by atoms with Gasteiger partial charge in [0.15, 0.2) is 18.4 Å². The van der Waals surface area contributed by atoms with Gasteiger partial charge in [-0.1, -0.05) is 55.8 Å². The predicted molar refractivity (Wildman–Crippen MR) is 159 cm³/mol. The molecule has 242 valence electrons. The Bertz CT molecular complexity index is 1440. The fraction of sp³-hybridized carbons (Fsp3) is 0.559. The molecule has 0 radical (unpaired) electrons. The first-order valence-corrected chi connectivity index (χ1v) is 15.5. The van der Waals surface area contributed by atoms with E-state index >= 15 is 0 Å². The largest absolute Gasteiger partial charge is 0.480 e. The van der Waals surface area contributed by atoms with Crippen molar-refractivity contribution in [1.82, 2.24) is 5.32 Å². The third kappa shape index (κ3) is 5.77. The summed E-state index contributed by atoms with van der Waals surface area (Å²) in [5, 5.41) is 45.5. The monoisotopic (exact) mass is 623 g/mol. The maximum absolute atomic E-state index is 13.5. The Kier molecular flexibility index (Phi) is 8.91. The van der Waals surface area contributed by atoms with Crippen molar-refractivity contribution in [2.24, 2.45) is 28.6 Å². The molecule has 0 aromatic heterocycles. The molecule has 1 aromatic rings. The molecule has 45 heavy (non-hydrogen) atoms. The van der Waals surface area contributed by atoms with Crippen LogP contribution < -0.4 is 5.32 Å². The van der Waals surface area contributed by atoms with Crippen molar-refractivity contribution in [3.05, 3.63) is 59.7 Å². The molecule has 4 aliphatic carbocycles. The molecule has 0 bridgehead atoms. The normalized spacial score (nSPS) is 34.8. The van der Waals surface area contributed by atoms with Crippen LogP contribution in [0.2, 0.25) is 0 Å². The second-order valence-electron chi connectivity index (χ2n) is 13.4. The van der Waals surface area contributed by atoms with E-state index in [0.717, 1.165) is 12.0 Å². The van der Waals surface area contributed by atoms with E-state index in [1.54, 1.807) is 30.4 Å². The first-order valence-electron chi connectivity index (χ1n) is 15.5. The van der Waals surface area contributed by atoms with Crippen molar-refractivity contribution in [3.8, 4) is 0 Å². The zero-order chi connectivity index (χ0) is 32.7. The van der Waals surface area contributed by atoms with Gasteiger partial charge in [-0.2, -0.15) is 0 Å². The fourth-order valence-corrected chi connectivity index (χ4v) is 8.71. The molecule has 3 fully saturated rings. The number of aliphatic hydroxyl groups excluding tert-OH is 2. The van der Waals surface area contributed by atoms with Crippen molar-refractivity contribution < 1.29 is 49.1 Å². The summed E-state index contributed by atoms with van der Waals surface area (Å²) >= 11 is 0. The van der Waals surface area contributed by atoms with Gasteiger partial charge in [0.2, 0.25) is 11.7 Å². The fourth-order valence-electron chi connectivity index (χ4n) is 8.71. The maximum Gasteiger partial charge on any atom is 0.329 e. The highest BCUT2D eigenvalue weighted by Gasteiger charge is 2.68. The summed E-state index contributed by atoms with van der Waals surface area (Å²) in [7, 11) is 0. The summed E-state index contributed by atoms with van der Waals surface area (Å²) in [5.74, 6) is -4.04. The number of carboxylic acid groups (broad SMARTS) is 1. The number of rotatable bonds is 10. The number of fused-ring (bicyclic) bond motifs is 5. The minimum absolute atomic E-state index is 0.0247. The van der Waals surface area contributed by atoms with Crippen LogP contribution in [0.15, 0.2) is 54.1 Å². The van der Waals surface area contributed by atoms with Crippen LogP contribution in [-0.2, 0) is 28.7 Å². The van der Waals surface area contributed by atoms with Crippen molar-refractivity contribution in [1.29, 1.82) is 0 Å². The van der Waals surface area contributed by atoms with E-state index in [0.29, 0.717) is 18.4 Å². The number of aliphatic carboxylic acids is 1. The smallest absolute Gasteiger partial charge is 0.329 e. The van der Waals surface area contributed by atoms with E-state index in [2.05, 4.69) is 5.32 Å². The molecule has 4 aliphatic rings.